The van der Waals surface area contributed by atoms with E-state index in [4.69, 9.17) is 33.7 Å². The van der Waals surface area contributed by atoms with Gasteiger partial charge in [0.15, 0.2) is 5.75 Å². The van der Waals surface area contributed by atoms with Crippen molar-refractivity contribution >= 4 is 29.0 Å². The van der Waals surface area contributed by atoms with Gasteiger partial charge in [0.1, 0.15) is 12.4 Å². The number of ether oxygens (including phenoxy) is 1. The van der Waals surface area contributed by atoms with Crippen molar-refractivity contribution in [1.82, 2.24) is 4.98 Å². The Morgan fingerprint density at radius 2 is 1.88 bits per heavy atom. The Morgan fingerprint density at radius 3 is 2.53 bits per heavy atom. The van der Waals surface area contributed by atoms with Crippen molar-refractivity contribution in [2.45, 2.75) is 6.61 Å². The number of benzene rings is 1. The fourth-order valence-electron chi connectivity index (χ4n) is 1.36. The molecule has 3 nitrogen and oxygen atoms in total. The fourth-order valence-corrected chi connectivity index (χ4v) is 1.87. The van der Waals surface area contributed by atoms with Crippen LogP contribution in [0.15, 0.2) is 36.5 Å². The van der Waals surface area contributed by atoms with E-state index < -0.39 is 0 Å². The predicted molar refractivity (Wildman–Crippen MR) is 69.4 cm³/mol. The first-order valence-corrected chi connectivity index (χ1v) is 5.69. The van der Waals surface area contributed by atoms with E-state index in [1.165, 1.54) is 0 Å². The number of pyridine rings is 1. The zero-order valence-electron chi connectivity index (χ0n) is 8.86. The minimum atomic E-state index is 0.343. The van der Waals surface area contributed by atoms with Gasteiger partial charge in [-0.1, -0.05) is 29.3 Å². The van der Waals surface area contributed by atoms with Crippen molar-refractivity contribution in [3.05, 3.63) is 52.1 Å². The lowest BCUT2D eigenvalue weighted by Crippen LogP contribution is -1.98. The number of aromatic nitrogens is 1. The molecule has 1 aromatic carbocycles. The molecule has 0 atom stereocenters. The minimum absolute atomic E-state index is 0.343. The summed E-state index contributed by atoms with van der Waals surface area (Å²) >= 11 is 12.0. The van der Waals surface area contributed by atoms with E-state index in [1.807, 2.05) is 6.07 Å². The van der Waals surface area contributed by atoms with E-state index >= 15 is 0 Å². The summed E-state index contributed by atoms with van der Waals surface area (Å²) in [5.41, 5.74) is 6.48. The monoisotopic (exact) mass is 268 g/mol. The summed E-state index contributed by atoms with van der Waals surface area (Å²) in [6.07, 6.45) is 1.63. The highest BCUT2D eigenvalue weighted by Crippen LogP contribution is 2.32. The summed E-state index contributed by atoms with van der Waals surface area (Å²) in [5, 5.41) is 0.971. The molecule has 0 saturated heterocycles. The number of anilines is 1. The Balaban J connectivity index is 2.13. The van der Waals surface area contributed by atoms with Crippen LogP contribution < -0.4 is 10.5 Å². The largest absolute Gasteiger partial charge is 0.486 e. The average molecular weight is 269 g/mol. The molecule has 1 aromatic heterocycles. The van der Waals surface area contributed by atoms with Crippen LogP contribution in [0, 0.1) is 0 Å². The topological polar surface area (TPSA) is 48.1 Å². The van der Waals surface area contributed by atoms with Gasteiger partial charge in [-0.15, -0.1) is 0 Å². The Bertz CT molecular complexity index is 511. The molecule has 0 bridgehead atoms. The lowest BCUT2D eigenvalue weighted by molar-refractivity contribution is 0.306. The summed E-state index contributed by atoms with van der Waals surface area (Å²) in [6.45, 7) is 0.343. The number of para-hydroxylation sites is 1. The van der Waals surface area contributed by atoms with Crippen LogP contribution in [0.4, 0.5) is 5.82 Å². The summed E-state index contributed by atoms with van der Waals surface area (Å²) in [7, 11) is 0. The molecule has 0 fully saturated rings. The maximum atomic E-state index is 5.98. The van der Waals surface area contributed by atoms with E-state index in [0.29, 0.717) is 28.2 Å². The molecule has 0 aliphatic heterocycles. The maximum absolute atomic E-state index is 5.98. The van der Waals surface area contributed by atoms with Crippen molar-refractivity contribution in [3.8, 4) is 5.75 Å². The first-order chi connectivity index (χ1) is 8.16. The van der Waals surface area contributed by atoms with Crippen LogP contribution in [0.3, 0.4) is 0 Å². The second-order valence-electron chi connectivity index (χ2n) is 3.43. The van der Waals surface area contributed by atoms with Crippen LogP contribution in [-0.2, 0) is 6.61 Å². The number of nitrogens with zero attached hydrogens (tertiary/aromatic N) is 1. The standard InChI is InChI=1S/C12H10Cl2N2O/c13-9-2-1-3-10(14)12(9)17-7-8-4-5-16-11(15)6-8/h1-6H,7H2,(H2,15,16). The van der Waals surface area contributed by atoms with Gasteiger partial charge >= 0.3 is 0 Å². The SMILES string of the molecule is Nc1cc(COc2c(Cl)cccc2Cl)ccn1. The first-order valence-electron chi connectivity index (χ1n) is 4.94. The van der Waals surface area contributed by atoms with E-state index in [1.54, 1.807) is 30.5 Å². The Kier molecular flexibility index (Phi) is 3.71. The average Bonchev–Trinajstić information content (AvgIpc) is 2.28. The molecule has 0 radical (unpaired) electrons. The molecule has 5 heteroatoms. The summed E-state index contributed by atoms with van der Waals surface area (Å²) in [5.74, 6) is 0.933. The first kappa shape index (κ1) is 12.0. The molecule has 0 unspecified atom stereocenters. The van der Waals surface area contributed by atoms with Crippen LogP contribution in [0.2, 0.25) is 10.0 Å². The fraction of sp³-hybridized carbons (Fsp3) is 0.0833. The number of hydrogen-bond acceptors (Lipinski definition) is 3. The van der Waals surface area contributed by atoms with Crippen LogP contribution in [0.5, 0.6) is 5.75 Å². The van der Waals surface area contributed by atoms with Gasteiger partial charge in [0.2, 0.25) is 0 Å². The van der Waals surface area contributed by atoms with E-state index in [0.717, 1.165) is 5.56 Å². The highest BCUT2D eigenvalue weighted by molar-refractivity contribution is 6.37. The molecule has 0 aliphatic carbocycles. The van der Waals surface area contributed by atoms with Gasteiger partial charge in [0.25, 0.3) is 0 Å². The zero-order valence-corrected chi connectivity index (χ0v) is 10.4. The van der Waals surface area contributed by atoms with Gasteiger partial charge in [-0.2, -0.15) is 0 Å². The van der Waals surface area contributed by atoms with Crippen LogP contribution in [0.25, 0.3) is 0 Å². The number of nitrogen functional groups attached to an aromatic ring is 1. The predicted octanol–water partition coefficient (Wildman–Crippen LogP) is 3.55. The zero-order chi connectivity index (χ0) is 12.3. The second-order valence-corrected chi connectivity index (χ2v) is 4.24. The van der Waals surface area contributed by atoms with Gasteiger partial charge in [-0.25, -0.2) is 4.98 Å². The van der Waals surface area contributed by atoms with Crippen LogP contribution >= 0.6 is 23.2 Å². The molecule has 17 heavy (non-hydrogen) atoms. The maximum Gasteiger partial charge on any atom is 0.156 e. The van der Waals surface area contributed by atoms with Crippen molar-refractivity contribution in [3.63, 3.8) is 0 Å². The molecular formula is C12H10Cl2N2O. The van der Waals surface area contributed by atoms with Crippen LogP contribution in [0.1, 0.15) is 5.56 Å². The highest BCUT2D eigenvalue weighted by atomic mass is 35.5. The third kappa shape index (κ3) is 3.02. The smallest absolute Gasteiger partial charge is 0.156 e. The molecule has 0 amide bonds. The van der Waals surface area contributed by atoms with Crippen molar-refractivity contribution in [1.29, 1.82) is 0 Å². The van der Waals surface area contributed by atoms with Gasteiger partial charge in [-0.3, -0.25) is 0 Å². The molecule has 0 saturated carbocycles. The van der Waals surface area contributed by atoms with E-state index in [9.17, 15) is 0 Å². The minimum Gasteiger partial charge on any atom is -0.486 e. The molecule has 88 valence electrons. The molecule has 0 aliphatic rings. The second kappa shape index (κ2) is 5.25. The molecule has 2 rings (SSSR count). The highest BCUT2D eigenvalue weighted by Gasteiger charge is 2.06. The number of nitrogens with two attached hydrogens (primary N) is 1. The third-order valence-corrected chi connectivity index (χ3v) is 2.74. The number of rotatable bonds is 3. The van der Waals surface area contributed by atoms with Gasteiger partial charge < -0.3 is 10.5 Å². The quantitative estimate of drug-likeness (QED) is 0.926. The molecule has 0 spiro atoms. The van der Waals surface area contributed by atoms with E-state index in [-0.39, 0.29) is 0 Å². The lowest BCUT2D eigenvalue weighted by Gasteiger charge is -2.09. The lowest BCUT2D eigenvalue weighted by atomic mass is 10.3. The van der Waals surface area contributed by atoms with E-state index in [2.05, 4.69) is 4.98 Å². The summed E-state index contributed by atoms with van der Waals surface area (Å²) in [4.78, 5) is 3.90. The molecule has 1 heterocycles. The molecular weight excluding hydrogens is 259 g/mol. The van der Waals surface area contributed by atoms with Crippen molar-refractivity contribution in [2.24, 2.45) is 0 Å². The number of halogens is 2. The Hall–Kier alpha value is -1.45. The third-order valence-electron chi connectivity index (χ3n) is 2.15. The molecule has 2 aromatic rings. The Morgan fingerprint density at radius 1 is 1.18 bits per heavy atom. The van der Waals surface area contributed by atoms with Gasteiger partial charge in [0, 0.05) is 6.20 Å². The van der Waals surface area contributed by atoms with Gasteiger partial charge in [-0.05, 0) is 29.8 Å². The molecule has 2 N–H and O–H groups in total. The van der Waals surface area contributed by atoms with Gasteiger partial charge in [0.05, 0.1) is 10.0 Å². The normalized spacial score (nSPS) is 10.2. The van der Waals surface area contributed by atoms with Crippen molar-refractivity contribution < 1.29 is 4.74 Å². The number of hydrogen-bond donors (Lipinski definition) is 1. The summed E-state index contributed by atoms with van der Waals surface area (Å²) < 4.78 is 5.56. The Labute approximate surface area is 109 Å². The summed E-state index contributed by atoms with van der Waals surface area (Å²) in [6, 6.07) is 8.78. The van der Waals surface area contributed by atoms with Crippen molar-refractivity contribution in [2.75, 3.05) is 5.73 Å². The van der Waals surface area contributed by atoms with Crippen LogP contribution in [-0.4, -0.2) is 4.98 Å².